The van der Waals surface area contributed by atoms with E-state index in [-0.39, 0.29) is 12.5 Å². The second-order valence-electron chi connectivity index (χ2n) is 16.9. The van der Waals surface area contributed by atoms with Crippen molar-refractivity contribution in [2.24, 2.45) is 0 Å². The number of allylic oxidation sites excluding steroid dienone is 20. The predicted molar refractivity (Wildman–Crippen MR) is 276 cm³/mol. The van der Waals surface area contributed by atoms with Gasteiger partial charge >= 0.3 is 0 Å². The Morgan fingerprint density at radius 1 is 0.403 bits per heavy atom. The van der Waals surface area contributed by atoms with Gasteiger partial charge in [0.1, 0.15) is 0 Å². The maximum absolute atomic E-state index is 12.4. The molecule has 2 unspecified atom stereocenters. The summed E-state index contributed by atoms with van der Waals surface area (Å²) in [6.45, 7) is 4.23. The molecule has 0 aliphatic heterocycles. The molecule has 0 aliphatic carbocycles. The number of nitrogens with one attached hydrogen (secondary N) is 1. The van der Waals surface area contributed by atoms with E-state index in [0.717, 1.165) is 109 Å². The Hall–Kier alpha value is -3.21. The molecule has 0 fully saturated rings. The minimum absolute atomic E-state index is 0.0607. The average molecular weight is 856 g/mol. The Morgan fingerprint density at radius 3 is 1.06 bits per heavy atom. The highest BCUT2D eigenvalue weighted by molar-refractivity contribution is 5.76. The molecule has 4 heteroatoms. The Balaban J connectivity index is 3.68. The number of amides is 1. The van der Waals surface area contributed by atoms with E-state index >= 15 is 0 Å². The summed E-state index contributed by atoms with van der Waals surface area (Å²) in [5, 5.41) is 23.2. The quantitative estimate of drug-likeness (QED) is 0.0422. The van der Waals surface area contributed by atoms with Crippen LogP contribution in [-0.2, 0) is 4.79 Å². The van der Waals surface area contributed by atoms with Crippen molar-refractivity contribution < 1.29 is 15.0 Å². The first kappa shape index (κ1) is 58.8. The van der Waals surface area contributed by atoms with Crippen LogP contribution in [0, 0.1) is 0 Å². The monoisotopic (exact) mass is 856 g/mol. The molecule has 0 aliphatic rings. The van der Waals surface area contributed by atoms with Crippen LogP contribution in [0.15, 0.2) is 122 Å². The number of rotatable bonds is 45. The lowest BCUT2D eigenvalue weighted by Gasteiger charge is -2.22. The molecule has 0 aromatic heterocycles. The first-order valence-corrected chi connectivity index (χ1v) is 25.7. The SMILES string of the molecule is CC/C=C\C/C=C\C/C=C\C/C=C\C/C=C\C/C=C\C/C=C\C/C=C\C/C=C\C/C=C\CCCCCCC(=O)NC(CO)C(O)CCCCCCCCCCCCCCCCC. The van der Waals surface area contributed by atoms with Crippen LogP contribution in [0.1, 0.15) is 219 Å². The van der Waals surface area contributed by atoms with Crippen molar-refractivity contribution in [1.82, 2.24) is 5.32 Å². The van der Waals surface area contributed by atoms with E-state index < -0.39 is 12.1 Å². The molecule has 0 aromatic carbocycles. The van der Waals surface area contributed by atoms with Crippen LogP contribution in [0.5, 0.6) is 0 Å². The smallest absolute Gasteiger partial charge is 0.220 e. The number of aliphatic hydroxyl groups is 2. The highest BCUT2D eigenvalue weighted by Crippen LogP contribution is 2.15. The number of hydrogen-bond donors (Lipinski definition) is 3. The molecule has 0 rings (SSSR count). The predicted octanol–water partition coefficient (Wildman–Crippen LogP) is 16.9. The van der Waals surface area contributed by atoms with Crippen LogP contribution < -0.4 is 5.32 Å². The molecular weight excluding hydrogens is 759 g/mol. The molecule has 0 aromatic rings. The fourth-order valence-corrected chi connectivity index (χ4v) is 7.09. The van der Waals surface area contributed by atoms with Crippen molar-refractivity contribution in [1.29, 1.82) is 0 Å². The van der Waals surface area contributed by atoms with Gasteiger partial charge in [-0.25, -0.2) is 0 Å². The van der Waals surface area contributed by atoms with E-state index in [9.17, 15) is 15.0 Å². The van der Waals surface area contributed by atoms with Crippen molar-refractivity contribution >= 4 is 5.91 Å². The number of carbonyl (C=O) groups is 1. The molecule has 62 heavy (non-hydrogen) atoms. The third-order valence-corrected chi connectivity index (χ3v) is 11.0. The van der Waals surface area contributed by atoms with Crippen molar-refractivity contribution in [2.75, 3.05) is 6.61 Å². The fraction of sp³-hybridized carbons (Fsp3) is 0.638. The van der Waals surface area contributed by atoms with Gasteiger partial charge < -0.3 is 15.5 Å². The van der Waals surface area contributed by atoms with E-state index in [1.807, 2.05) is 0 Å². The minimum Gasteiger partial charge on any atom is -0.394 e. The zero-order chi connectivity index (χ0) is 44.9. The summed E-state index contributed by atoms with van der Waals surface area (Å²) in [5.74, 6) is -0.0607. The fourth-order valence-electron chi connectivity index (χ4n) is 7.09. The van der Waals surface area contributed by atoms with Crippen molar-refractivity contribution in [3.8, 4) is 0 Å². The van der Waals surface area contributed by atoms with Crippen LogP contribution in [-0.4, -0.2) is 34.9 Å². The van der Waals surface area contributed by atoms with Crippen LogP contribution >= 0.6 is 0 Å². The highest BCUT2D eigenvalue weighted by atomic mass is 16.3. The number of hydrogen-bond acceptors (Lipinski definition) is 3. The molecular formula is C58H97NO3. The number of carbonyl (C=O) groups excluding carboxylic acids is 1. The maximum atomic E-state index is 12.4. The Bertz CT molecular complexity index is 1240. The average Bonchev–Trinajstić information content (AvgIpc) is 3.28. The largest absolute Gasteiger partial charge is 0.394 e. The van der Waals surface area contributed by atoms with E-state index in [2.05, 4.69) is 141 Å². The van der Waals surface area contributed by atoms with E-state index in [1.165, 1.54) is 83.5 Å². The van der Waals surface area contributed by atoms with E-state index in [1.54, 1.807) is 0 Å². The minimum atomic E-state index is -0.679. The molecule has 4 nitrogen and oxygen atoms in total. The Kier molecular flexibility index (Phi) is 49.4. The van der Waals surface area contributed by atoms with Gasteiger partial charge in [0.25, 0.3) is 0 Å². The summed E-state index contributed by atoms with van der Waals surface area (Å²) in [6, 6.07) is -0.559. The summed E-state index contributed by atoms with van der Waals surface area (Å²) in [4.78, 5) is 12.4. The molecule has 1 amide bonds. The molecule has 0 saturated heterocycles. The standard InChI is InChI=1S/C58H97NO3/c1-3-5-7-9-11-13-15-17-19-20-21-22-23-24-25-26-27-28-29-30-31-32-33-34-35-36-37-38-40-42-44-46-48-50-52-54-58(62)59-56(55-60)57(61)53-51-49-47-45-43-41-39-18-16-14-12-10-8-6-4-2/h5,7,11,13,17,19,21-22,24-25,27-28,30-31,33-34,36-37,40,42,56-57,60-61H,3-4,6,8-10,12,14-16,18,20,23,26,29,32,35,38-39,41,43-55H2,1-2H3,(H,59,62)/b7-5-,13-11-,19-17-,22-21-,25-24-,28-27-,31-30-,34-33-,37-36-,42-40-. The van der Waals surface area contributed by atoms with E-state index in [4.69, 9.17) is 0 Å². The molecule has 352 valence electrons. The number of aliphatic hydroxyl groups excluding tert-OH is 2. The molecule has 0 heterocycles. The summed E-state index contributed by atoms with van der Waals surface area (Å²) in [7, 11) is 0. The topological polar surface area (TPSA) is 69.6 Å². The maximum Gasteiger partial charge on any atom is 0.220 e. The van der Waals surface area contributed by atoms with Crippen LogP contribution in [0.4, 0.5) is 0 Å². The third-order valence-electron chi connectivity index (χ3n) is 11.0. The van der Waals surface area contributed by atoms with Gasteiger partial charge in [-0.3, -0.25) is 4.79 Å². The Labute approximate surface area is 384 Å². The van der Waals surface area contributed by atoms with Gasteiger partial charge in [-0.1, -0.05) is 245 Å². The second kappa shape index (κ2) is 52.1. The lowest BCUT2D eigenvalue weighted by molar-refractivity contribution is -0.123. The van der Waals surface area contributed by atoms with Gasteiger partial charge in [0.15, 0.2) is 0 Å². The lowest BCUT2D eigenvalue weighted by Crippen LogP contribution is -2.45. The van der Waals surface area contributed by atoms with Crippen molar-refractivity contribution in [3.05, 3.63) is 122 Å². The van der Waals surface area contributed by atoms with Gasteiger partial charge in [-0.05, 0) is 89.9 Å². The molecule has 0 saturated carbocycles. The van der Waals surface area contributed by atoms with Crippen molar-refractivity contribution in [2.45, 2.75) is 231 Å². The van der Waals surface area contributed by atoms with Gasteiger partial charge in [-0.15, -0.1) is 0 Å². The van der Waals surface area contributed by atoms with Gasteiger partial charge in [0.05, 0.1) is 18.8 Å². The van der Waals surface area contributed by atoms with Crippen LogP contribution in [0.2, 0.25) is 0 Å². The normalized spacial score (nSPS) is 13.9. The summed E-state index contributed by atoms with van der Waals surface area (Å²) < 4.78 is 0. The zero-order valence-corrected chi connectivity index (χ0v) is 40.3. The van der Waals surface area contributed by atoms with Gasteiger partial charge in [-0.2, -0.15) is 0 Å². The van der Waals surface area contributed by atoms with Crippen LogP contribution in [0.3, 0.4) is 0 Å². The summed E-state index contributed by atoms with van der Waals surface area (Å²) in [5.41, 5.74) is 0. The molecule has 0 spiro atoms. The summed E-state index contributed by atoms with van der Waals surface area (Å²) >= 11 is 0. The molecule has 2 atom stereocenters. The second-order valence-corrected chi connectivity index (χ2v) is 16.9. The first-order valence-electron chi connectivity index (χ1n) is 25.7. The van der Waals surface area contributed by atoms with Crippen molar-refractivity contribution in [3.63, 3.8) is 0 Å². The molecule has 0 bridgehead atoms. The highest BCUT2D eigenvalue weighted by Gasteiger charge is 2.20. The number of unbranched alkanes of at least 4 members (excludes halogenated alkanes) is 18. The summed E-state index contributed by atoms with van der Waals surface area (Å²) in [6.07, 6.45) is 80.1. The first-order chi connectivity index (χ1) is 30.7. The molecule has 0 radical (unpaired) electrons. The van der Waals surface area contributed by atoms with Gasteiger partial charge in [0, 0.05) is 6.42 Å². The zero-order valence-electron chi connectivity index (χ0n) is 40.3. The van der Waals surface area contributed by atoms with Gasteiger partial charge in [0.2, 0.25) is 5.91 Å². The Morgan fingerprint density at radius 2 is 0.710 bits per heavy atom. The molecule has 3 N–H and O–H groups in total. The third kappa shape index (κ3) is 47.8. The van der Waals surface area contributed by atoms with E-state index in [0.29, 0.717) is 12.8 Å². The van der Waals surface area contributed by atoms with Crippen LogP contribution in [0.25, 0.3) is 0 Å². The lowest BCUT2D eigenvalue weighted by atomic mass is 10.0.